The van der Waals surface area contributed by atoms with Crippen molar-refractivity contribution in [1.29, 1.82) is 0 Å². The van der Waals surface area contributed by atoms with E-state index in [4.69, 9.17) is 0 Å². The van der Waals surface area contributed by atoms with Gasteiger partial charge in [-0.1, -0.05) is 0 Å². The minimum Gasteiger partial charge on any atom is -0.314 e. The highest BCUT2D eigenvalue weighted by atomic mass is 32.2. The van der Waals surface area contributed by atoms with Crippen LogP contribution >= 0.6 is 0 Å². The number of sulfonamides is 1. The van der Waals surface area contributed by atoms with Gasteiger partial charge in [-0.3, -0.25) is 4.90 Å². The van der Waals surface area contributed by atoms with Gasteiger partial charge in [0.15, 0.2) is 0 Å². The summed E-state index contributed by atoms with van der Waals surface area (Å²) in [4.78, 5) is 2.29. The molecule has 1 aliphatic carbocycles. The van der Waals surface area contributed by atoms with Crippen LogP contribution in [0.3, 0.4) is 0 Å². The second-order valence-corrected chi connectivity index (χ2v) is 6.56. The van der Waals surface area contributed by atoms with Crippen molar-refractivity contribution in [3.63, 3.8) is 0 Å². The fraction of sp³-hybridized carbons (Fsp3) is 1.00. The zero-order valence-corrected chi connectivity index (χ0v) is 10.4. The maximum Gasteiger partial charge on any atom is 0.211 e. The molecule has 1 heterocycles. The van der Waals surface area contributed by atoms with Gasteiger partial charge in [0.05, 0.1) is 5.75 Å². The van der Waals surface area contributed by atoms with Crippen molar-refractivity contribution in [2.45, 2.75) is 12.8 Å². The van der Waals surface area contributed by atoms with Crippen LogP contribution in [0.1, 0.15) is 12.8 Å². The normalized spacial score (nSPS) is 23.5. The molecule has 6 heteroatoms. The smallest absolute Gasteiger partial charge is 0.211 e. The quantitative estimate of drug-likeness (QED) is 0.646. The first kappa shape index (κ1) is 12.3. The van der Waals surface area contributed by atoms with Gasteiger partial charge in [-0.15, -0.1) is 0 Å². The fourth-order valence-electron chi connectivity index (χ4n) is 1.95. The lowest BCUT2D eigenvalue weighted by Gasteiger charge is -2.27. The predicted octanol–water partition coefficient (Wildman–Crippen LogP) is -0.779. The van der Waals surface area contributed by atoms with Crippen molar-refractivity contribution in [2.75, 3.05) is 45.0 Å². The Morgan fingerprint density at radius 1 is 1.25 bits per heavy atom. The number of hydrogen-bond donors (Lipinski definition) is 2. The molecule has 2 fully saturated rings. The molecule has 0 aromatic carbocycles. The molecule has 2 N–H and O–H groups in total. The van der Waals surface area contributed by atoms with E-state index in [9.17, 15) is 8.42 Å². The molecule has 0 radical (unpaired) electrons. The summed E-state index contributed by atoms with van der Waals surface area (Å²) in [6.07, 6.45) is 2.16. The maximum atomic E-state index is 11.6. The molecule has 0 aromatic rings. The summed E-state index contributed by atoms with van der Waals surface area (Å²) in [7, 11) is -3.01. The van der Waals surface area contributed by atoms with Gasteiger partial charge < -0.3 is 5.32 Å². The summed E-state index contributed by atoms with van der Waals surface area (Å²) in [6.45, 7) is 5.43. The average molecular weight is 247 g/mol. The molecule has 2 aliphatic rings. The third-order valence-electron chi connectivity index (χ3n) is 3.11. The third-order valence-corrected chi connectivity index (χ3v) is 4.67. The van der Waals surface area contributed by atoms with Crippen molar-refractivity contribution >= 4 is 10.0 Å². The molecule has 94 valence electrons. The molecule has 0 aromatic heterocycles. The largest absolute Gasteiger partial charge is 0.314 e. The average Bonchev–Trinajstić information content (AvgIpc) is 3.02. The zero-order chi connectivity index (χ0) is 11.4. The summed E-state index contributed by atoms with van der Waals surface area (Å²) in [5.74, 6) is 0.755. The molecule has 2 rings (SSSR count). The van der Waals surface area contributed by atoms with E-state index in [0.717, 1.165) is 45.6 Å². The van der Waals surface area contributed by atoms with Gasteiger partial charge in [-0.25, -0.2) is 13.1 Å². The second kappa shape index (κ2) is 5.44. The van der Waals surface area contributed by atoms with E-state index in [2.05, 4.69) is 14.9 Å². The Hall–Kier alpha value is -0.170. The number of hydrogen-bond acceptors (Lipinski definition) is 4. The van der Waals surface area contributed by atoms with Gasteiger partial charge in [-0.05, 0) is 18.8 Å². The van der Waals surface area contributed by atoms with Crippen LogP contribution in [0.2, 0.25) is 0 Å². The molecule has 0 bridgehead atoms. The van der Waals surface area contributed by atoms with Crippen molar-refractivity contribution < 1.29 is 8.42 Å². The molecule has 1 aliphatic heterocycles. The highest BCUT2D eigenvalue weighted by Gasteiger charge is 2.27. The fourth-order valence-corrected chi connectivity index (χ4v) is 3.42. The Labute approximate surface area is 97.6 Å². The minimum atomic E-state index is -3.01. The highest BCUT2D eigenvalue weighted by molar-refractivity contribution is 7.89. The number of piperazine rings is 1. The summed E-state index contributed by atoms with van der Waals surface area (Å²) < 4.78 is 25.8. The Bertz CT molecular complexity index is 308. The van der Waals surface area contributed by atoms with Crippen LogP contribution in [0.5, 0.6) is 0 Å². The first-order valence-electron chi connectivity index (χ1n) is 6.06. The van der Waals surface area contributed by atoms with E-state index in [0.29, 0.717) is 18.2 Å². The third kappa shape index (κ3) is 4.37. The van der Waals surface area contributed by atoms with E-state index >= 15 is 0 Å². The van der Waals surface area contributed by atoms with Crippen LogP contribution in [0, 0.1) is 5.92 Å². The van der Waals surface area contributed by atoms with Crippen molar-refractivity contribution in [1.82, 2.24) is 14.9 Å². The lowest BCUT2D eigenvalue weighted by Crippen LogP contribution is -2.46. The summed E-state index contributed by atoms with van der Waals surface area (Å²) in [5.41, 5.74) is 0. The Balaban J connectivity index is 1.62. The van der Waals surface area contributed by atoms with Gasteiger partial charge in [-0.2, -0.15) is 0 Å². The molecular formula is C10H21N3O2S. The van der Waals surface area contributed by atoms with Crippen molar-refractivity contribution in [3.05, 3.63) is 0 Å². The molecular weight excluding hydrogens is 226 g/mol. The van der Waals surface area contributed by atoms with E-state index in [1.807, 2.05) is 0 Å². The summed E-state index contributed by atoms with van der Waals surface area (Å²) >= 11 is 0. The Kier molecular flexibility index (Phi) is 4.18. The van der Waals surface area contributed by atoms with Crippen LogP contribution in [0.4, 0.5) is 0 Å². The summed E-state index contributed by atoms with van der Waals surface area (Å²) in [6, 6.07) is 0. The molecule has 5 nitrogen and oxygen atoms in total. The molecule has 1 saturated heterocycles. The van der Waals surface area contributed by atoms with Gasteiger partial charge >= 0.3 is 0 Å². The van der Waals surface area contributed by atoms with Gasteiger partial charge in [0.1, 0.15) is 0 Å². The molecule has 0 atom stereocenters. The summed E-state index contributed by atoms with van der Waals surface area (Å²) in [5, 5.41) is 3.28. The first-order valence-corrected chi connectivity index (χ1v) is 7.71. The minimum absolute atomic E-state index is 0.328. The Morgan fingerprint density at radius 2 is 1.94 bits per heavy atom. The van der Waals surface area contributed by atoms with E-state index in [1.54, 1.807) is 0 Å². The van der Waals surface area contributed by atoms with Gasteiger partial charge in [0.2, 0.25) is 10.0 Å². The van der Waals surface area contributed by atoms with Crippen molar-refractivity contribution in [2.24, 2.45) is 5.92 Å². The molecule has 0 amide bonds. The molecule has 16 heavy (non-hydrogen) atoms. The molecule has 1 saturated carbocycles. The number of nitrogens with one attached hydrogen (secondary N) is 2. The van der Waals surface area contributed by atoms with Gasteiger partial charge in [0, 0.05) is 39.3 Å². The lowest BCUT2D eigenvalue weighted by atomic mass is 10.3. The number of rotatable bonds is 6. The van der Waals surface area contributed by atoms with Gasteiger partial charge in [0.25, 0.3) is 0 Å². The van der Waals surface area contributed by atoms with Crippen LogP contribution in [-0.4, -0.2) is 58.3 Å². The second-order valence-electron chi connectivity index (χ2n) is 4.71. The molecule has 0 spiro atoms. The van der Waals surface area contributed by atoms with Crippen molar-refractivity contribution in [3.8, 4) is 0 Å². The van der Waals surface area contributed by atoms with E-state index in [1.165, 1.54) is 0 Å². The molecule has 0 unspecified atom stereocenters. The van der Waals surface area contributed by atoms with Crippen LogP contribution in [0.25, 0.3) is 0 Å². The first-order chi connectivity index (χ1) is 7.66. The highest BCUT2D eigenvalue weighted by Crippen LogP contribution is 2.29. The van der Waals surface area contributed by atoms with Crippen LogP contribution < -0.4 is 10.0 Å². The predicted molar refractivity (Wildman–Crippen MR) is 63.8 cm³/mol. The van der Waals surface area contributed by atoms with E-state index < -0.39 is 10.0 Å². The SMILES string of the molecule is O=S(=O)(CC1CC1)NCCN1CCNCC1. The number of nitrogens with zero attached hydrogens (tertiary/aromatic N) is 1. The standard InChI is InChI=1S/C10H21N3O2S/c14-16(15,9-10-1-2-10)12-5-8-13-6-3-11-4-7-13/h10-12H,1-9H2. The Morgan fingerprint density at radius 3 is 2.56 bits per heavy atom. The topological polar surface area (TPSA) is 61.4 Å². The zero-order valence-electron chi connectivity index (χ0n) is 9.61. The lowest BCUT2D eigenvalue weighted by molar-refractivity contribution is 0.245. The van der Waals surface area contributed by atoms with Crippen LogP contribution in [0.15, 0.2) is 0 Å². The maximum absolute atomic E-state index is 11.6. The monoisotopic (exact) mass is 247 g/mol. The van der Waals surface area contributed by atoms with Crippen LogP contribution in [-0.2, 0) is 10.0 Å². The van der Waals surface area contributed by atoms with E-state index in [-0.39, 0.29) is 0 Å².